The van der Waals surface area contributed by atoms with E-state index in [1.807, 2.05) is 48.5 Å². The molecular formula is C30H31N7O4. The Kier molecular flexibility index (Phi) is 7.02. The lowest BCUT2D eigenvalue weighted by Gasteiger charge is -2.45. The zero-order valence-electron chi connectivity index (χ0n) is 22.6. The molecule has 2 fully saturated rings. The SMILES string of the molecule is CN(C(=O)NCc1ccccc1)N1CC(=O)N2[C@@H](Cc3ccc(O)cc3)C(=O)N(Cc3cccc4cn[nH]c34)C[C@@H]21. The first-order chi connectivity index (χ1) is 19.9. The number of phenols is 1. The molecule has 2 saturated heterocycles. The largest absolute Gasteiger partial charge is 0.508 e. The molecular weight excluding hydrogens is 522 g/mol. The van der Waals surface area contributed by atoms with E-state index in [9.17, 15) is 19.5 Å². The van der Waals surface area contributed by atoms with Gasteiger partial charge in [0.25, 0.3) is 0 Å². The zero-order chi connectivity index (χ0) is 28.5. The third-order valence-corrected chi connectivity index (χ3v) is 7.82. The zero-order valence-corrected chi connectivity index (χ0v) is 22.6. The Morgan fingerprint density at radius 3 is 2.61 bits per heavy atom. The Bertz CT molecular complexity index is 1570. The molecule has 4 aromatic rings. The van der Waals surface area contributed by atoms with E-state index in [4.69, 9.17) is 0 Å². The molecule has 11 nitrogen and oxygen atoms in total. The Balaban J connectivity index is 1.28. The van der Waals surface area contributed by atoms with E-state index in [-0.39, 0.29) is 43.1 Å². The Hall–Kier alpha value is -4.90. The van der Waals surface area contributed by atoms with Crippen LogP contribution in [0.1, 0.15) is 16.7 Å². The van der Waals surface area contributed by atoms with Crippen molar-refractivity contribution in [2.24, 2.45) is 0 Å². The summed E-state index contributed by atoms with van der Waals surface area (Å²) in [5.74, 6) is -0.259. The molecule has 1 aromatic heterocycles. The van der Waals surface area contributed by atoms with Crippen molar-refractivity contribution >= 4 is 28.7 Å². The van der Waals surface area contributed by atoms with Gasteiger partial charge in [-0.05, 0) is 28.8 Å². The van der Waals surface area contributed by atoms with Crippen LogP contribution in [0.3, 0.4) is 0 Å². The molecule has 2 aliphatic heterocycles. The van der Waals surface area contributed by atoms with Crippen molar-refractivity contribution in [1.29, 1.82) is 0 Å². The van der Waals surface area contributed by atoms with Crippen LogP contribution < -0.4 is 5.32 Å². The van der Waals surface area contributed by atoms with Gasteiger partial charge >= 0.3 is 6.03 Å². The molecule has 3 aromatic carbocycles. The number of nitrogens with one attached hydrogen (secondary N) is 2. The summed E-state index contributed by atoms with van der Waals surface area (Å²) >= 11 is 0. The molecule has 0 spiro atoms. The normalized spacial score (nSPS) is 19.0. The van der Waals surface area contributed by atoms with Crippen molar-refractivity contribution in [3.05, 3.63) is 95.7 Å². The summed E-state index contributed by atoms with van der Waals surface area (Å²) in [5.41, 5.74) is 3.55. The number of hydrogen-bond acceptors (Lipinski definition) is 6. The summed E-state index contributed by atoms with van der Waals surface area (Å²) in [5, 5.41) is 23.9. The van der Waals surface area contributed by atoms with Gasteiger partial charge < -0.3 is 20.2 Å². The third-order valence-electron chi connectivity index (χ3n) is 7.82. The first-order valence-corrected chi connectivity index (χ1v) is 13.5. The number of nitrogens with zero attached hydrogens (tertiary/aromatic N) is 5. The molecule has 11 heteroatoms. The van der Waals surface area contributed by atoms with Crippen molar-refractivity contribution in [2.45, 2.75) is 31.7 Å². The van der Waals surface area contributed by atoms with Crippen molar-refractivity contribution in [3.63, 3.8) is 0 Å². The van der Waals surface area contributed by atoms with E-state index in [1.54, 1.807) is 52.3 Å². The van der Waals surface area contributed by atoms with Crippen molar-refractivity contribution in [3.8, 4) is 5.75 Å². The third kappa shape index (κ3) is 5.19. The topological polar surface area (TPSA) is 125 Å². The number of rotatable bonds is 7. The van der Waals surface area contributed by atoms with Gasteiger partial charge in [0.1, 0.15) is 18.0 Å². The number of carbonyl (C=O) groups is 3. The number of aromatic nitrogens is 2. The number of piperazine rings is 1. The second-order valence-electron chi connectivity index (χ2n) is 10.4. The molecule has 4 amide bonds. The quantitative estimate of drug-likeness (QED) is 0.323. The van der Waals surface area contributed by atoms with Crippen LogP contribution in [0.5, 0.6) is 5.75 Å². The maximum atomic E-state index is 14.0. The monoisotopic (exact) mass is 553 g/mol. The molecule has 6 rings (SSSR count). The molecule has 0 aliphatic carbocycles. The lowest BCUT2D eigenvalue weighted by atomic mass is 9.99. The molecule has 0 radical (unpaired) electrons. The number of benzene rings is 3. The number of carbonyl (C=O) groups excluding carboxylic acids is 3. The lowest BCUT2D eigenvalue weighted by Crippen LogP contribution is -2.65. The Labute approximate surface area is 236 Å². The predicted octanol–water partition coefficient (Wildman–Crippen LogP) is 2.45. The minimum absolute atomic E-state index is 0.0246. The number of para-hydroxylation sites is 1. The van der Waals surface area contributed by atoms with Crippen LogP contribution in [0.2, 0.25) is 0 Å². The molecule has 41 heavy (non-hydrogen) atoms. The van der Waals surface area contributed by atoms with E-state index in [1.165, 1.54) is 5.01 Å². The fourth-order valence-corrected chi connectivity index (χ4v) is 5.68. The van der Waals surface area contributed by atoms with Crippen LogP contribution in [0.25, 0.3) is 10.9 Å². The number of hydrogen-bond donors (Lipinski definition) is 3. The van der Waals surface area contributed by atoms with E-state index in [0.717, 1.165) is 27.6 Å². The molecule has 3 N–H and O–H groups in total. The average molecular weight is 554 g/mol. The molecule has 2 aliphatic rings. The molecule has 0 saturated carbocycles. The predicted molar refractivity (Wildman–Crippen MR) is 151 cm³/mol. The molecule has 3 heterocycles. The first-order valence-electron chi connectivity index (χ1n) is 13.5. The highest BCUT2D eigenvalue weighted by Crippen LogP contribution is 2.31. The van der Waals surface area contributed by atoms with Gasteiger partial charge in [-0.3, -0.25) is 19.7 Å². The molecule has 210 valence electrons. The summed E-state index contributed by atoms with van der Waals surface area (Å²) in [7, 11) is 1.64. The van der Waals surface area contributed by atoms with Crippen LogP contribution in [-0.4, -0.2) is 85.3 Å². The number of urea groups is 1. The van der Waals surface area contributed by atoms with Gasteiger partial charge in [0.15, 0.2) is 0 Å². The maximum Gasteiger partial charge on any atom is 0.332 e. The summed E-state index contributed by atoms with van der Waals surface area (Å²) in [6, 6.07) is 21.0. The fourth-order valence-electron chi connectivity index (χ4n) is 5.68. The van der Waals surface area contributed by atoms with Gasteiger partial charge in [-0.1, -0.05) is 60.7 Å². The summed E-state index contributed by atoms with van der Waals surface area (Å²) in [6.07, 6.45) is 1.49. The van der Waals surface area contributed by atoms with Crippen molar-refractivity contribution in [1.82, 2.24) is 35.3 Å². The fraction of sp³-hybridized carbons (Fsp3) is 0.267. The average Bonchev–Trinajstić information content (AvgIpc) is 3.60. The highest BCUT2D eigenvalue weighted by Gasteiger charge is 2.51. The smallest absolute Gasteiger partial charge is 0.332 e. The number of aromatic amines is 1. The van der Waals surface area contributed by atoms with E-state index in [0.29, 0.717) is 13.1 Å². The van der Waals surface area contributed by atoms with Crippen molar-refractivity contribution in [2.75, 3.05) is 20.1 Å². The summed E-state index contributed by atoms with van der Waals surface area (Å²) in [6.45, 7) is 0.879. The summed E-state index contributed by atoms with van der Waals surface area (Å²) < 4.78 is 0. The minimum atomic E-state index is -0.766. The summed E-state index contributed by atoms with van der Waals surface area (Å²) in [4.78, 5) is 43.9. The van der Waals surface area contributed by atoms with Gasteiger partial charge in [0, 0.05) is 31.9 Å². The van der Waals surface area contributed by atoms with Gasteiger partial charge in [0.05, 0.1) is 24.8 Å². The van der Waals surface area contributed by atoms with E-state index in [2.05, 4.69) is 15.5 Å². The minimum Gasteiger partial charge on any atom is -0.508 e. The van der Waals surface area contributed by atoms with E-state index < -0.39 is 12.2 Å². The van der Waals surface area contributed by atoms with E-state index >= 15 is 0 Å². The highest BCUT2D eigenvalue weighted by atomic mass is 16.3. The second-order valence-corrected chi connectivity index (χ2v) is 10.4. The number of aromatic hydroxyl groups is 1. The van der Waals surface area contributed by atoms with Crippen LogP contribution in [0.15, 0.2) is 79.0 Å². The number of amides is 4. The van der Waals surface area contributed by atoms with Gasteiger partial charge in [0.2, 0.25) is 11.8 Å². The van der Waals surface area contributed by atoms with Crippen LogP contribution in [0, 0.1) is 0 Å². The van der Waals surface area contributed by atoms with Gasteiger partial charge in [-0.25, -0.2) is 4.79 Å². The number of phenolic OH excluding ortho intramolecular Hbond substituents is 1. The van der Waals surface area contributed by atoms with Gasteiger partial charge in [-0.2, -0.15) is 10.1 Å². The lowest BCUT2D eigenvalue weighted by molar-refractivity contribution is -0.157. The Morgan fingerprint density at radius 1 is 1.05 bits per heavy atom. The molecule has 0 bridgehead atoms. The van der Waals surface area contributed by atoms with Crippen LogP contribution in [-0.2, 0) is 29.1 Å². The molecule has 2 atom stereocenters. The Morgan fingerprint density at radius 2 is 1.83 bits per heavy atom. The number of hydrazine groups is 1. The van der Waals surface area contributed by atoms with Crippen LogP contribution >= 0.6 is 0 Å². The standard InChI is InChI=1S/C30H31N7O4/c1-34(30(41)31-15-21-6-3-2-4-7-21)36-19-27(39)37-25(14-20-10-12-24(38)13-11-20)29(40)35(18-26(36)37)17-23-9-5-8-22-16-32-33-28(22)23/h2-13,16,25-26,38H,14-15,17-19H2,1H3,(H,31,41)(H,32,33)/t25-,26+/m0/s1. The molecule has 0 unspecified atom stereocenters. The number of H-pyrrole nitrogens is 1. The van der Waals surface area contributed by atoms with Crippen molar-refractivity contribution < 1.29 is 19.5 Å². The second kappa shape index (κ2) is 10.9. The first kappa shape index (κ1) is 26.3. The number of fused-ring (bicyclic) bond motifs is 2. The van der Waals surface area contributed by atoms with Crippen LogP contribution in [0.4, 0.5) is 4.79 Å². The van der Waals surface area contributed by atoms with Gasteiger partial charge in [-0.15, -0.1) is 0 Å². The highest BCUT2D eigenvalue weighted by molar-refractivity contribution is 5.92. The maximum absolute atomic E-state index is 14.0.